The molecule has 2 aromatic rings. The van der Waals surface area contributed by atoms with E-state index < -0.39 is 39.1 Å². The molecule has 4 N–H and O–H groups in total. The zero-order valence-corrected chi connectivity index (χ0v) is 19.6. The SMILES string of the molecule is C=CCCC(=O)NN/C(=N/c1c(F)cccc1C=C)NS(=O)(=O)[C@@H](C)[C@@H](O)c1ncc(C)cn1. The van der Waals surface area contributed by atoms with Crippen molar-refractivity contribution in [3.63, 3.8) is 0 Å². The van der Waals surface area contributed by atoms with Crippen LogP contribution in [0, 0.1) is 12.7 Å². The first kappa shape index (κ1) is 26.6. The molecule has 0 aliphatic carbocycles. The highest BCUT2D eigenvalue weighted by atomic mass is 32.2. The highest BCUT2D eigenvalue weighted by molar-refractivity contribution is 7.90. The minimum atomic E-state index is -4.32. The van der Waals surface area contributed by atoms with Crippen LogP contribution in [-0.2, 0) is 14.8 Å². The molecule has 182 valence electrons. The predicted molar refractivity (Wildman–Crippen MR) is 128 cm³/mol. The molecule has 0 saturated heterocycles. The first-order valence-electron chi connectivity index (χ1n) is 10.2. The highest BCUT2D eigenvalue weighted by Crippen LogP contribution is 2.24. The fourth-order valence-electron chi connectivity index (χ4n) is 2.59. The fraction of sp³-hybridized carbons (Fsp3) is 0.273. The second-order valence-electron chi connectivity index (χ2n) is 7.26. The Morgan fingerprint density at radius 2 is 1.94 bits per heavy atom. The molecule has 1 aromatic carbocycles. The number of aryl methyl sites for hydroxylation is 1. The molecule has 1 heterocycles. The molecule has 0 unspecified atom stereocenters. The van der Waals surface area contributed by atoms with Gasteiger partial charge in [0, 0.05) is 24.4 Å². The predicted octanol–water partition coefficient (Wildman–Crippen LogP) is 2.18. The number of guanidine groups is 1. The van der Waals surface area contributed by atoms with Gasteiger partial charge < -0.3 is 5.11 Å². The molecule has 0 radical (unpaired) electrons. The quantitative estimate of drug-likeness (QED) is 0.182. The highest BCUT2D eigenvalue weighted by Gasteiger charge is 2.32. The molecule has 1 aromatic heterocycles. The number of aliphatic hydroxyl groups excluding tert-OH is 1. The van der Waals surface area contributed by atoms with E-state index >= 15 is 0 Å². The van der Waals surface area contributed by atoms with Crippen molar-refractivity contribution in [3.05, 3.63) is 72.6 Å². The van der Waals surface area contributed by atoms with Gasteiger partial charge in [0.05, 0.1) is 0 Å². The molecule has 10 nitrogen and oxygen atoms in total. The zero-order valence-electron chi connectivity index (χ0n) is 18.8. The summed E-state index contributed by atoms with van der Waals surface area (Å²) in [6.45, 7) is 10.1. The maximum Gasteiger partial charge on any atom is 0.240 e. The van der Waals surface area contributed by atoms with Crippen LogP contribution in [-0.4, -0.2) is 40.6 Å². The van der Waals surface area contributed by atoms with Crippen LogP contribution in [0.1, 0.15) is 42.8 Å². The molecule has 0 bridgehead atoms. The van der Waals surface area contributed by atoms with E-state index in [2.05, 4.69) is 43.7 Å². The van der Waals surface area contributed by atoms with Crippen LogP contribution < -0.4 is 15.6 Å². The Morgan fingerprint density at radius 1 is 1.26 bits per heavy atom. The summed E-state index contributed by atoms with van der Waals surface area (Å²) in [4.78, 5) is 23.9. The summed E-state index contributed by atoms with van der Waals surface area (Å²) in [5.41, 5.74) is 5.47. The molecule has 0 spiro atoms. The fourth-order valence-corrected chi connectivity index (χ4v) is 3.60. The number of rotatable bonds is 9. The van der Waals surface area contributed by atoms with E-state index in [0.717, 1.165) is 11.6 Å². The Bertz CT molecular complexity index is 1170. The molecule has 2 rings (SSSR count). The molecule has 34 heavy (non-hydrogen) atoms. The Morgan fingerprint density at radius 3 is 2.56 bits per heavy atom. The lowest BCUT2D eigenvalue weighted by Crippen LogP contribution is -2.51. The molecule has 0 aliphatic rings. The van der Waals surface area contributed by atoms with Gasteiger partial charge in [0.25, 0.3) is 0 Å². The number of hydrazine groups is 1. The number of sulfonamides is 1. The first-order chi connectivity index (χ1) is 16.1. The maximum atomic E-state index is 14.4. The van der Waals surface area contributed by atoms with E-state index in [0.29, 0.717) is 6.42 Å². The average Bonchev–Trinajstić information content (AvgIpc) is 2.81. The van der Waals surface area contributed by atoms with Crippen LogP contribution in [0.4, 0.5) is 10.1 Å². The normalized spacial score (nSPS) is 13.5. The monoisotopic (exact) mass is 490 g/mol. The Labute approximate surface area is 197 Å². The average molecular weight is 491 g/mol. The third-order valence-corrected chi connectivity index (χ3v) is 6.31. The number of carbonyl (C=O) groups is 1. The zero-order chi connectivity index (χ0) is 25.3. The van der Waals surface area contributed by atoms with Gasteiger partial charge in [-0.3, -0.25) is 20.4 Å². The number of aromatic nitrogens is 2. The minimum Gasteiger partial charge on any atom is -0.384 e. The van der Waals surface area contributed by atoms with Crippen LogP contribution in [0.2, 0.25) is 0 Å². The van der Waals surface area contributed by atoms with E-state index in [4.69, 9.17) is 0 Å². The lowest BCUT2D eigenvalue weighted by atomic mass is 10.2. The summed E-state index contributed by atoms with van der Waals surface area (Å²) in [5.74, 6) is -1.81. The molecule has 0 aliphatic heterocycles. The summed E-state index contributed by atoms with van der Waals surface area (Å²) in [6.07, 6.45) is 4.67. The van der Waals surface area contributed by atoms with Gasteiger partial charge >= 0.3 is 0 Å². The van der Waals surface area contributed by atoms with Gasteiger partial charge in [-0.05, 0) is 31.9 Å². The summed E-state index contributed by atoms with van der Waals surface area (Å²) >= 11 is 0. The number of hydrogen-bond acceptors (Lipinski definition) is 7. The topological polar surface area (TPSA) is 146 Å². The number of amides is 1. The van der Waals surface area contributed by atoms with Crippen LogP contribution in [0.5, 0.6) is 0 Å². The Hall–Kier alpha value is -3.64. The third kappa shape index (κ3) is 7.18. The summed E-state index contributed by atoms with van der Waals surface area (Å²) in [5, 5.41) is 9.07. The van der Waals surface area contributed by atoms with Crippen molar-refractivity contribution in [2.75, 3.05) is 0 Å². The van der Waals surface area contributed by atoms with Crippen LogP contribution in [0.15, 0.2) is 54.8 Å². The second kappa shape index (κ2) is 12.0. The van der Waals surface area contributed by atoms with E-state index in [-0.39, 0.29) is 23.5 Å². The Kier molecular flexibility index (Phi) is 9.39. The smallest absolute Gasteiger partial charge is 0.240 e. The van der Waals surface area contributed by atoms with E-state index in [9.17, 15) is 22.7 Å². The van der Waals surface area contributed by atoms with Crippen LogP contribution >= 0.6 is 0 Å². The van der Waals surface area contributed by atoms with Crippen molar-refractivity contribution in [3.8, 4) is 0 Å². The van der Waals surface area contributed by atoms with Gasteiger partial charge in [-0.2, -0.15) is 0 Å². The molecule has 12 heteroatoms. The van der Waals surface area contributed by atoms with E-state index in [1.165, 1.54) is 37.5 Å². The van der Waals surface area contributed by atoms with Gasteiger partial charge in [-0.1, -0.05) is 30.9 Å². The minimum absolute atomic E-state index is 0.0774. The second-order valence-corrected chi connectivity index (χ2v) is 9.30. The van der Waals surface area contributed by atoms with Crippen LogP contribution in [0.3, 0.4) is 0 Å². The molecule has 0 fully saturated rings. The van der Waals surface area contributed by atoms with E-state index in [1.807, 2.05) is 0 Å². The summed E-state index contributed by atoms with van der Waals surface area (Å²) in [6, 6.07) is 4.12. The largest absolute Gasteiger partial charge is 0.384 e. The number of carbonyl (C=O) groups excluding carboxylic acids is 1. The van der Waals surface area contributed by atoms with Crippen molar-refractivity contribution < 1.29 is 22.7 Å². The van der Waals surface area contributed by atoms with Crippen molar-refractivity contribution in [1.82, 2.24) is 25.5 Å². The molecular formula is C22H27FN6O4S. The lowest BCUT2D eigenvalue weighted by Gasteiger charge is -2.21. The first-order valence-corrected chi connectivity index (χ1v) is 11.8. The van der Waals surface area contributed by atoms with Crippen molar-refractivity contribution in [2.24, 2.45) is 4.99 Å². The number of nitrogens with zero attached hydrogens (tertiary/aromatic N) is 3. The van der Waals surface area contributed by atoms with Crippen molar-refractivity contribution in [1.29, 1.82) is 0 Å². The molecule has 2 atom stereocenters. The molecule has 0 saturated carbocycles. The van der Waals surface area contributed by atoms with Crippen molar-refractivity contribution >= 4 is 33.7 Å². The van der Waals surface area contributed by atoms with Gasteiger partial charge in [-0.25, -0.2) is 27.8 Å². The maximum absolute atomic E-state index is 14.4. The number of aliphatic hydroxyl groups is 1. The summed E-state index contributed by atoms with van der Waals surface area (Å²) in [7, 11) is -4.32. The molecule has 1 amide bonds. The number of benzene rings is 1. The number of halogens is 1. The standard InChI is InChI=1S/C22H27FN6O4S/c1-5-7-11-18(30)27-28-22(26-19-16(6-2)9-8-10-17(19)23)29-34(32,33)15(4)20(31)21-24-12-14(3)13-25-21/h5-6,8-10,12-13,15,20,31H,1-2,7,11H2,3-4H3,(H,27,30)(H2,26,28,29)/t15-,20+/m0/s1. The van der Waals surface area contributed by atoms with Gasteiger partial charge in [0.1, 0.15) is 22.9 Å². The molecular weight excluding hydrogens is 463 g/mol. The number of para-hydroxylation sites is 1. The van der Waals surface area contributed by atoms with Crippen LogP contribution in [0.25, 0.3) is 6.08 Å². The number of nitrogens with one attached hydrogen (secondary N) is 3. The van der Waals surface area contributed by atoms with Gasteiger partial charge in [-0.15, -0.1) is 6.58 Å². The Balaban J connectivity index is 2.36. The number of allylic oxidation sites excluding steroid dienone is 1. The van der Waals surface area contributed by atoms with Gasteiger partial charge in [0.15, 0.2) is 5.82 Å². The van der Waals surface area contributed by atoms with E-state index in [1.54, 1.807) is 13.0 Å². The van der Waals surface area contributed by atoms with Crippen molar-refractivity contribution in [2.45, 2.75) is 38.0 Å². The van der Waals surface area contributed by atoms with Gasteiger partial charge in [0.2, 0.25) is 21.9 Å². The number of aliphatic imine (C=N–C) groups is 1. The number of hydrogen-bond donors (Lipinski definition) is 4. The lowest BCUT2D eigenvalue weighted by molar-refractivity contribution is -0.121. The third-order valence-electron chi connectivity index (χ3n) is 4.60. The summed E-state index contributed by atoms with van der Waals surface area (Å²) < 4.78 is 42.5.